The van der Waals surface area contributed by atoms with E-state index in [0.717, 1.165) is 45.3 Å². The summed E-state index contributed by atoms with van der Waals surface area (Å²) in [7, 11) is 2.12. The molecule has 1 atom stereocenters. The maximum atomic E-state index is 12.5. The van der Waals surface area contributed by atoms with Crippen LogP contribution in [-0.2, 0) is 20.7 Å². The van der Waals surface area contributed by atoms with Crippen molar-refractivity contribution in [2.24, 2.45) is 0 Å². The Hall–Kier alpha value is -2.38. The van der Waals surface area contributed by atoms with Gasteiger partial charge >= 0.3 is 11.8 Å². The molecule has 7 heteroatoms. The van der Waals surface area contributed by atoms with Crippen LogP contribution < -0.4 is 15.5 Å². The lowest BCUT2D eigenvalue weighted by molar-refractivity contribution is -0.139. The maximum Gasteiger partial charge on any atom is 0.309 e. The minimum Gasteiger partial charge on any atom is -0.379 e. The van der Waals surface area contributed by atoms with Crippen molar-refractivity contribution in [1.29, 1.82) is 0 Å². The molecule has 0 bridgehead atoms. The second-order valence-corrected chi connectivity index (χ2v) is 9.05. The number of carbonyl (C=O) groups is 2. The molecule has 0 unspecified atom stereocenters. The van der Waals surface area contributed by atoms with Gasteiger partial charge in [-0.3, -0.25) is 14.5 Å². The van der Waals surface area contributed by atoms with Crippen molar-refractivity contribution in [3.05, 3.63) is 41.0 Å². The fourth-order valence-electron chi connectivity index (χ4n) is 4.96. The topological polar surface area (TPSA) is 73.9 Å². The van der Waals surface area contributed by atoms with Gasteiger partial charge in [0.05, 0.1) is 19.3 Å². The highest BCUT2D eigenvalue weighted by Crippen LogP contribution is 2.31. The number of hydrogen-bond donors (Lipinski definition) is 2. The zero-order chi connectivity index (χ0) is 22.3. The summed E-state index contributed by atoms with van der Waals surface area (Å²) in [6.45, 7) is 4.98. The normalized spacial score (nSPS) is 19.8. The van der Waals surface area contributed by atoms with Gasteiger partial charge in [0.25, 0.3) is 0 Å². The maximum absolute atomic E-state index is 12.5. The number of allylic oxidation sites excluding steroid dienone is 1. The van der Waals surface area contributed by atoms with Gasteiger partial charge in [-0.2, -0.15) is 0 Å². The summed E-state index contributed by atoms with van der Waals surface area (Å²) in [5, 5.41) is 5.67. The van der Waals surface area contributed by atoms with E-state index < -0.39 is 11.8 Å². The highest BCUT2D eigenvalue weighted by molar-refractivity contribution is 6.35. The van der Waals surface area contributed by atoms with E-state index in [9.17, 15) is 9.59 Å². The molecule has 174 valence electrons. The Balaban J connectivity index is 1.34. The van der Waals surface area contributed by atoms with Crippen molar-refractivity contribution < 1.29 is 14.3 Å². The first-order valence-corrected chi connectivity index (χ1v) is 12.0. The van der Waals surface area contributed by atoms with Gasteiger partial charge in [0, 0.05) is 45.5 Å². The summed E-state index contributed by atoms with van der Waals surface area (Å²) in [6.07, 6.45) is 8.87. The van der Waals surface area contributed by atoms with E-state index in [1.54, 1.807) is 0 Å². The second-order valence-electron chi connectivity index (χ2n) is 9.05. The van der Waals surface area contributed by atoms with E-state index in [1.807, 2.05) is 0 Å². The lowest BCUT2D eigenvalue weighted by Gasteiger charge is -2.35. The van der Waals surface area contributed by atoms with Gasteiger partial charge in [0.1, 0.15) is 0 Å². The number of fused-ring (bicyclic) bond motifs is 1. The molecule has 2 aliphatic heterocycles. The third-order valence-electron chi connectivity index (χ3n) is 6.88. The van der Waals surface area contributed by atoms with Crippen LogP contribution in [0.5, 0.6) is 0 Å². The van der Waals surface area contributed by atoms with Crippen LogP contribution in [-0.4, -0.2) is 69.7 Å². The second kappa shape index (κ2) is 11.0. The third kappa shape index (κ3) is 5.70. The summed E-state index contributed by atoms with van der Waals surface area (Å²) >= 11 is 0. The third-order valence-corrected chi connectivity index (χ3v) is 6.88. The van der Waals surface area contributed by atoms with Crippen molar-refractivity contribution in [1.82, 2.24) is 15.5 Å². The van der Waals surface area contributed by atoms with Crippen LogP contribution >= 0.6 is 0 Å². The number of benzene rings is 1. The number of morpholine rings is 1. The highest BCUT2D eigenvalue weighted by Gasteiger charge is 2.26. The standard InChI is InChI=1S/C25H36N4O3/c1-28-12-10-21-17-20(7-8-22(21)28)23(29-13-15-32-16-14-29)18-27-25(31)24(30)26-11-9-19-5-3-2-4-6-19/h5,7-8,17,23H,2-4,6,9-16,18H2,1H3,(H,26,30)(H,27,31)/t23-/m1/s1. The first-order chi connectivity index (χ1) is 15.6. The van der Waals surface area contributed by atoms with Gasteiger partial charge in [-0.05, 0) is 55.7 Å². The van der Waals surface area contributed by atoms with Gasteiger partial charge in [-0.25, -0.2) is 0 Å². The molecule has 2 heterocycles. The fourth-order valence-corrected chi connectivity index (χ4v) is 4.96. The first-order valence-electron chi connectivity index (χ1n) is 12.0. The molecule has 0 saturated carbocycles. The van der Waals surface area contributed by atoms with Crippen LogP contribution in [0.25, 0.3) is 0 Å². The Morgan fingerprint density at radius 2 is 1.88 bits per heavy atom. The van der Waals surface area contributed by atoms with Crippen LogP contribution in [0.1, 0.15) is 49.3 Å². The molecule has 1 aromatic carbocycles. The van der Waals surface area contributed by atoms with Gasteiger partial charge in [0.2, 0.25) is 0 Å². The predicted molar refractivity (Wildman–Crippen MR) is 126 cm³/mol. The summed E-state index contributed by atoms with van der Waals surface area (Å²) < 4.78 is 5.53. The number of ether oxygens (including phenoxy) is 1. The van der Waals surface area contributed by atoms with Crippen molar-refractivity contribution in [3.63, 3.8) is 0 Å². The molecule has 1 saturated heterocycles. The predicted octanol–water partition coefficient (Wildman–Crippen LogP) is 2.18. The van der Waals surface area contributed by atoms with Crippen LogP contribution in [0.15, 0.2) is 29.8 Å². The average Bonchev–Trinajstić information content (AvgIpc) is 3.20. The van der Waals surface area contributed by atoms with Gasteiger partial charge in [-0.15, -0.1) is 0 Å². The zero-order valence-electron chi connectivity index (χ0n) is 19.2. The van der Waals surface area contributed by atoms with Crippen LogP contribution in [0.4, 0.5) is 5.69 Å². The number of rotatable bonds is 7. The number of amides is 2. The molecule has 4 rings (SSSR count). The van der Waals surface area contributed by atoms with E-state index in [2.05, 4.69) is 51.8 Å². The largest absolute Gasteiger partial charge is 0.379 e. The molecule has 0 radical (unpaired) electrons. The molecule has 1 aromatic rings. The number of hydrogen-bond acceptors (Lipinski definition) is 5. The molecular formula is C25H36N4O3. The van der Waals surface area contributed by atoms with Crippen molar-refractivity contribution in [2.75, 3.05) is 57.9 Å². The van der Waals surface area contributed by atoms with Crippen LogP contribution in [0, 0.1) is 0 Å². The Morgan fingerprint density at radius 1 is 1.06 bits per heavy atom. The average molecular weight is 441 g/mol. The monoisotopic (exact) mass is 440 g/mol. The van der Waals surface area contributed by atoms with Gasteiger partial charge in [0.15, 0.2) is 0 Å². The van der Waals surface area contributed by atoms with Gasteiger partial charge in [-0.1, -0.05) is 23.8 Å². The van der Waals surface area contributed by atoms with E-state index in [-0.39, 0.29) is 6.04 Å². The minimum atomic E-state index is -0.554. The SMILES string of the molecule is CN1CCc2cc([C@@H](CNC(=O)C(=O)NCCC3=CCCCC3)N3CCOCC3)ccc21. The van der Waals surface area contributed by atoms with E-state index in [4.69, 9.17) is 4.74 Å². The molecule has 32 heavy (non-hydrogen) atoms. The Labute approximate surface area is 191 Å². The molecule has 0 spiro atoms. The number of nitrogens with one attached hydrogen (secondary N) is 2. The molecule has 2 amide bonds. The zero-order valence-corrected chi connectivity index (χ0v) is 19.2. The number of likely N-dealkylation sites (N-methyl/N-ethyl adjacent to an activating group) is 1. The molecule has 2 N–H and O–H groups in total. The van der Waals surface area contributed by atoms with Crippen molar-refractivity contribution in [2.45, 2.75) is 44.6 Å². The van der Waals surface area contributed by atoms with Crippen molar-refractivity contribution in [3.8, 4) is 0 Å². The quantitative estimate of drug-likeness (QED) is 0.502. The molecule has 3 aliphatic rings. The smallest absolute Gasteiger partial charge is 0.309 e. The highest BCUT2D eigenvalue weighted by atomic mass is 16.5. The minimum absolute atomic E-state index is 0.0271. The van der Waals surface area contributed by atoms with E-state index in [0.29, 0.717) is 26.3 Å². The van der Waals surface area contributed by atoms with Crippen molar-refractivity contribution >= 4 is 17.5 Å². The molecular weight excluding hydrogens is 404 g/mol. The van der Waals surface area contributed by atoms with Crippen LogP contribution in [0.2, 0.25) is 0 Å². The van der Waals surface area contributed by atoms with E-state index in [1.165, 1.54) is 35.2 Å². The fraction of sp³-hybridized carbons (Fsp3) is 0.600. The number of anilines is 1. The lowest BCUT2D eigenvalue weighted by atomic mass is 9.97. The van der Waals surface area contributed by atoms with Gasteiger partial charge < -0.3 is 20.3 Å². The molecule has 1 aliphatic carbocycles. The lowest BCUT2D eigenvalue weighted by Crippen LogP contribution is -2.46. The number of carbonyl (C=O) groups excluding carboxylic acids is 2. The Kier molecular flexibility index (Phi) is 7.81. The summed E-state index contributed by atoms with van der Waals surface area (Å²) in [5.41, 5.74) is 5.22. The van der Waals surface area contributed by atoms with Crippen LogP contribution in [0.3, 0.4) is 0 Å². The van der Waals surface area contributed by atoms with E-state index >= 15 is 0 Å². The number of nitrogens with zero attached hydrogens (tertiary/aromatic N) is 2. The summed E-state index contributed by atoms with van der Waals surface area (Å²) in [6, 6.07) is 6.63. The Morgan fingerprint density at radius 3 is 2.66 bits per heavy atom. The summed E-state index contributed by atoms with van der Waals surface area (Å²) in [5.74, 6) is -1.10. The Bertz CT molecular complexity index is 848. The molecule has 1 fully saturated rings. The molecule has 7 nitrogen and oxygen atoms in total. The molecule has 0 aromatic heterocycles. The summed E-state index contributed by atoms with van der Waals surface area (Å²) in [4.78, 5) is 29.4. The first kappa shape index (κ1) is 22.8.